The number of hydrogen-bond donors (Lipinski definition) is 11. The lowest BCUT2D eigenvalue weighted by Crippen LogP contribution is -2.62. The molecule has 0 spiro atoms. The fourth-order valence-corrected chi connectivity index (χ4v) is 6.74. The number of aliphatic hydroxyl groups excluding tert-OH is 1. The van der Waals surface area contributed by atoms with Crippen molar-refractivity contribution in [2.24, 2.45) is 23.3 Å². The van der Waals surface area contributed by atoms with Gasteiger partial charge in [-0.05, 0) is 50.9 Å². The van der Waals surface area contributed by atoms with Gasteiger partial charge in [-0.2, -0.15) is 0 Å². The first kappa shape index (κ1) is 49.7. The third-order valence-electron chi connectivity index (χ3n) is 10.4. The number of hydrogen-bond acceptors (Lipinski definition) is 13. The number of carboxylic acids is 1. The Labute approximate surface area is 341 Å². The van der Waals surface area contributed by atoms with Crippen LogP contribution in [0, 0.1) is 11.8 Å². The van der Waals surface area contributed by atoms with E-state index in [9.17, 15) is 58.2 Å². The monoisotopic (exact) mass is 840 g/mol. The molecule has 2 heterocycles. The number of hydroxylamine groups is 1. The summed E-state index contributed by atoms with van der Waals surface area (Å²) in [6.07, 6.45) is 0.519. The first-order valence-corrected chi connectivity index (χ1v) is 19.6. The summed E-state index contributed by atoms with van der Waals surface area (Å²) in [5.74, 6) is -9.50. The van der Waals surface area contributed by atoms with E-state index in [0.717, 1.165) is 0 Å². The highest BCUT2D eigenvalue weighted by Crippen LogP contribution is 2.23. The predicted octanol–water partition coefficient (Wildman–Crippen LogP) is -4.32. The average molecular weight is 841 g/mol. The molecule has 9 amide bonds. The molecule has 0 saturated carbocycles. The highest BCUT2D eigenvalue weighted by molar-refractivity contribution is 5.98. The Kier molecular flexibility index (Phi) is 19.6. The van der Waals surface area contributed by atoms with Crippen molar-refractivity contribution in [1.82, 2.24) is 41.9 Å². The number of carboxylic acid groups (broad SMARTS) is 1. The summed E-state index contributed by atoms with van der Waals surface area (Å²) in [6.45, 7) is 7.40. The zero-order chi connectivity index (χ0) is 44.7. The molecule has 2 rings (SSSR count). The molecule has 0 aromatic rings. The van der Waals surface area contributed by atoms with Crippen molar-refractivity contribution in [1.29, 1.82) is 0 Å². The molecule has 23 heteroatoms. The number of rotatable bonds is 22. The molecule has 2 aliphatic rings. The zero-order valence-corrected chi connectivity index (χ0v) is 34.0. The van der Waals surface area contributed by atoms with E-state index in [1.165, 1.54) is 22.2 Å². The van der Waals surface area contributed by atoms with Crippen molar-refractivity contribution in [3.63, 3.8) is 0 Å². The van der Waals surface area contributed by atoms with Crippen molar-refractivity contribution in [3.05, 3.63) is 0 Å². The van der Waals surface area contributed by atoms with Crippen LogP contribution in [0.5, 0.6) is 0 Å². The summed E-state index contributed by atoms with van der Waals surface area (Å²) in [7, 11) is 0. The van der Waals surface area contributed by atoms with Gasteiger partial charge >= 0.3 is 5.97 Å². The largest absolute Gasteiger partial charge is 0.480 e. The van der Waals surface area contributed by atoms with E-state index in [2.05, 4.69) is 26.6 Å². The Morgan fingerprint density at radius 3 is 1.78 bits per heavy atom. The van der Waals surface area contributed by atoms with E-state index in [0.29, 0.717) is 19.3 Å². The summed E-state index contributed by atoms with van der Waals surface area (Å²) in [6, 6.07) is -10.2. The van der Waals surface area contributed by atoms with Gasteiger partial charge < -0.3 is 58.1 Å². The minimum atomic E-state index is -1.59. The zero-order valence-electron chi connectivity index (χ0n) is 34.0. The third-order valence-corrected chi connectivity index (χ3v) is 10.4. The lowest BCUT2D eigenvalue weighted by atomic mass is 9.96. The van der Waals surface area contributed by atoms with Crippen LogP contribution in [0.1, 0.15) is 86.0 Å². The topological polar surface area (TPSA) is 362 Å². The predicted molar refractivity (Wildman–Crippen MR) is 205 cm³/mol. The SMILES string of the molecule is CC[C@H](C)[C@H](NC(=O)[C@H](CO)NC(=O)[C@@H](NC(=O)[C@@H]1CCCN1C(=O)[C@H](C)NC(=O)[C@@H](N)CC(=O)NO)C(C)C)C(=O)N1CCC[C@H]1C(=O)N[C@@H](CCC(N)=O)C(=O)O. The van der Waals surface area contributed by atoms with Crippen molar-refractivity contribution in [3.8, 4) is 0 Å². The Morgan fingerprint density at radius 1 is 0.729 bits per heavy atom. The highest BCUT2D eigenvalue weighted by Gasteiger charge is 2.42. The number of nitrogens with zero attached hydrogens (tertiary/aromatic N) is 2. The first-order chi connectivity index (χ1) is 27.7. The van der Waals surface area contributed by atoms with Gasteiger partial charge in [0.1, 0.15) is 42.3 Å². The molecule has 0 bridgehead atoms. The maximum absolute atomic E-state index is 13.9. The number of nitrogens with two attached hydrogens (primary N) is 2. The summed E-state index contributed by atoms with van der Waals surface area (Å²) in [4.78, 5) is 130. The van der Waals surface area contributed by atoms with E-state index < -0.39 is 132 Å². The van der Waals surface area contributed by atoms with Crippen LogP contribution in [-0.2, 0) is 47.9 Å². The number of nitrogens with one attached hydrogen (secondary N) is 6. The van der Waals surface area contributed by atoms with Crippen LogP contribution in [-0.4, -0.2) is 152 Å². The van der Waals surface area contributed by atoms with Crippen LogP contribution in [0.3, 0.4) is 0 Å². The number of carbonyl (C=O) groups excluding carboxylic acids is 9. The molecule has 2 saturated heterocycles. The molecule has 0 unspecified atom stereocenters. The van der Waals surface area contributed by atoms with Gasteiger partial charge in [0.2, 0.25) is 53.2 Å². The van der Waals surface area contributed by atoms with Crippen LogP contribution >= 0.6 is 0 Å². The van der Waals surface area contributed by atoms with E-state index in [1.807, 2.05) is 0 Å². The van der Waals surface area contributed by atoms with Gasteiger partial charge in [0.15, 0.2) is 0 Å². The Balaban J connectivity index is 2.15. The third kappa shape index (κ3) is 14.1. The van der Waals surface area contributed by atoms with E-state index in [1.54, 1.807) is 27.7 Å². The first-order valence-electron chi connectivity index (χ1n) is 19.6. The standard InChI is InChI=1S/C36H60N10O13/c1-6-18(4)28(35(56)46-14-8-9-23(46)31(52)40-21(36(57)58)11-12-25(38)48)43-30(51)22(16-47)41-33(54)27(17(2)3)42-32(53)24-10-7-13-45(24)34(55)19(5)39-29(50)20(37)15-26(49)44-59/h17-24,27-28,47,59H,6-16,37H2,1-5H3,(H2,38,48)(H,39,50)(H,40,52)(H,41,54)(H,42,53)(H,43,51)(H,44,49)(H,57,58)/t18-,19-,20-,21-,22-,23-,24-,27-,28-/m0/s1. The highest BCUT2D eigenvalue weighted by atomic mass is 16.5. The van der Waals surface area contributed by atoms with Crippen LogP contribution in [0.15, 0.2) is 0 Å². The summed E-state index contributed by atoms with van der Waals surface area (Å²) in [5, 5.41) is 40.8. The van der Waals surface area contributed by atoms with Crippen LogP contribution in [0.25, 0.3) is 0 Å². The molecule has 2 aliphatic heterocycles. The lowest BCUT2D eigenvalue weighted by Gasteiger charge is -2.33. The molecule has 59 heavy (non-hydrogen) atoms. The summed E-state index contributed by atoms with van der Waals surface area (Å²) < 4.78 is 0. The normalized spacial score (nSPS) is 19.9. The number of carbonyl (C=O) groups is 10. The fraction of sp³-hybridized carbons (Fsp3) is 0.722. The van der Waals surface area contributed by atoms with E-state index in [-0.39, 0.29) is 38.8 Å². The number of likely N-dealkylation sites (tertiary alicyclic amines) is 2. The van der Waals surface area contributed by atoms with Gasteiger partial charge in [0, 0.05) is 19.5 Å². The van der Waals surface area contributed by atoms with E-state index in [4.69, 9.17) is 16.7 Å². The van der Waals surface area contributed by atoms with Crippen molar-refractivity contribution >= 4 is 59.1 Å². The van der Waals surface area contributed by atoms with Gasteiger partial charge in [0.05, 0.1) is 19.1 Å². The molecule has 0 aromatic carbocycles. The maximum atomic E-state index is 13.9. The number of aliphatic hydroxyl groups is 1. The van der Waals surface area contributed by atoms with Crippen LogP contribution < -0.4 is 43.5 Å². The van der Waals surface area contributed by atoms with Crippen molar-refractivity contribution < 1.29 is 63.4 Å². The minimum Gasteiger partial charge on any atom is -0.480 e. The van der Waals surface area contributed by atoms with Crippen LogP contribution in [0.4, 0.5) is 0 Å². The minimum absolute atomic E-state index is 0.117. The second-order valence-electron chi connectivity index (χ2n) is 15.2. The molecule has 2 fully saturated rings. The number of amides is 9. The van der Waals surface area contributed by atoms with Gasteiger partial charge in [-0.25, -0.2) is 10.3 Å². The molecule has 0 aromatic heterocycles. The molecule has 23 nitrogen and oxygen atoms in total. The Hall–Kier alpha value is -5.42. The average Bonchev–Trinajstić information content (AvgIpc) is 3.89. The maximum Gasteiger partial charge on any atom is 0.326 e. The smallest absolute Gasteiger partial charge is 0.326 e. The van der Waals surface area contributed by atoms with Crippen molar-refractivity contribution in [2.45, 2.75) is 134 Å². The van der Waals surface area contributed by atoms with Crippen LogP contribution in [0.2, 0.25) is 0 Å². The number of aliphatic carboxylic acids is 1. The fourth-order valence-electron chi connectivity index (χ4n) is 6.74. The quantitative estimate of drug-likeness (QED) is 0.0363. The lowest BCUT2D eigenvalue weighted by molar-refractivity contribution is -0.145. The number of primary amides is 1. The van der Waals surface area contributed by atoms with Gasteiger partial charge in [0.25, 0.3) is 0 Å². The molecule has 0 aliphatic carbocycles. The molecule has 13 N–H and O–H groups in total. The summed E-state index contributed by atoms with van der Waals surface area (Å²) >= 11 is 0. The van der Waals surface area contributed by atoms with Gasteiger partial charge in [-0.15, -0.1) is 0 Å². The van der Waals surface area contributed by atoms with Gasteiger partial charge in [-0.1, -0.05) is 34.1 Å². The molecule has 332 valence electrons. The van der Waals surface area contributed by atoms with Crippen molar-refractivity contribution in [2.75, 3.05) is 19.7 Å². The second-order valence-corrected chi connectivity index (χ2v) is 15.2. The molecular formula is C36H60N10O13. The summed E-state index contributed by atoms with van der Waals surface area (Å²) in [5.41, 5.74) is 12.2. The van der Waals surface area contributed by atoms with Gasteiger partial charge in [-0.3, -0.25) is 48.4 Å². The second kappa shape index (κ2) is 23.2. The molecule has 0 radical (unpaired) electrons. The van der Waals surface area contributed by atoms with E-state index >= 15 is 0 Å². The Bertz CT molecular complexity index is 1580. The molecular weight excluding hydrogens is 780 g/mol. The Morgan fingerprint density at radius 2 is 1.29 bits per heavy atom. The molecule has 9 atom stereocenters.